The van der Waals surface area contributed by atoms with E-state index in [0.29, 0.717) is 12.1 Å². The van der Waals surface area contributed by atoms with Gasteiger partial charge in [0, 0.05) is 17.6 Å². The first-order valence-corrected chi connectivity index (χ1v) is 7.05. The first-order valence-electron chi connectivity index (χ1n) is 5.97. The molecule has 0 spiro atoms. The number of phenols is 1. The molecule has 100 valence electrons. The van der Waals surface area contributed by atoms with Crippen LogP contribution in [0.4, 0.5) is 0 Å². The van der Waals surface area contributed by atoms with Crippen molar-refractivity contribution >= 4 is 28.5 Å². The Morgan fingerprint density at radius 3 is 2.56 bits per heavy atom. The third kappa shape index (κ3) is 3.84. The Kier molecular flexibility index (Phi) is 5.40. The zero-order chi connectivity index (χ0) is 13.8. The lowest BCUT2D eigenvalue weighted by atomic mass is 9.94. The monoisotopic (exact) mass is 362 g/mol. The van der Waals surface area contributed by atoms with Crippen molar-refractivity contribution in [1.29, 1.82) is 0 Å². The fourth-order valence-corrected chi connectivity index (χ4v) is 1.85. The van der Waals surface area contributed by atoms with Gasteiger partial charge in [-0.05, 0) is 53.6 Å². The number of nitrogens with two attached hydrogens (primary N) is 1. The summed E-state index contributed by atoms with van der Waals surface area (Å²) in [5, 5.41) is 12.4. The number of benzene rings is 1. The zero-order valence-electron chi connectivity index (χ0n) is 10.7. The molecular weight excluding hydrogens is 343 g/mol. The van der Waals surface area contributed by atoms with E-state index in [-0.39, 0.29) is 17.2 Å². The van der Waals surface area contributed by atoms with E-state index in [4.69, 9.17) is 5.73 Å². The maximum atomic E-state index is 11.9. The Morgan fingerprint density at radius 1 is 1.44 bits per heavy atom. The van der Waals surface area contributed by atoms with Gasteiger partial charge in [-0.1, -0.05) is 13.8 Å². The summed E-state index contributed by atoms with van der Waals surface area (Å²) in [5.74, 6) is -0.0910. The third-order valence-electron chi connectivity index (χ3n) is 3.22. The van der Waals surface area contributed by atoms with Crippen LogP contribution in [0.25, 0.3) is 0 Å². The number of phenolic OH excluding ortho intramolecular Hbond substituents is 1. The second kappa shape index (κ2) is 6.38. The van der Waals surface area contributed by atoms with E-state index in [1.54, 1.807) is 12.1 Å². The van der Waals surface area contributed by atoms with Gasteiger partial charge < -0.3 is 16.2 Å². The maximum Gasteiger partial charge on any atom is 0.251 e. The minimum atomic E-state index is -0.360. The van der Waals surface area contributed by atoms with Crippen molar-refractivity contribution in [2.45, 2.75) is 32.2 Å². The number of amides is 1. The molecule has 0 saturated carbocycles. The van der Waals surface area contributed by atoms with Crippen LogP contribution in [0.5, 0.6) is 5.75 Å². The van der Waals surface area contributed by atoms with Crippen LogP contribution in [0, 0.1) is 3.57 Å². The average Bonchev–Trinajstić information content (AvgIpc) is 2.38. The predicted molar refractivity (Wildman–Crippen MR) is 80.7 cm³/mol. The van der Waals surface area contributed by atoms with Crippen LogP contribution >= 0.6 is 22.6 Å². The van der Waals surface area contributed by atoms with Gasteiger partial charge in [-0.25, -0.2) is 0 Å². The molecule has 0 aliphatic heterocycles. The molecule has 18 heavy (non-hydrogen) atoms. The number of hydrogen-bond donors (Lipinski definition) is 3. The van der Waals surface area contributed by atoms with Crippen LogP contribution in [-0.4, -0.2) is 23.1 Å². The maximum absolute atomic E-state index is 11.9. The summed E-state index contributed by atoms with van der Waals surface area (Å²) in [6, 6.07) is 4.86. The van der Waals surface area contributed by atoms with Crippen molar-refractivity contribution in [3.05, 3.63) is 27.3 Å². The molecule has 0 heterocycles. The van der Waals surface area contributed by atoms with Gasteiger partial charge in [0.25, 0.3) is 5.91 Å². The minimum Gasteiger partial charge on any atom is -0.507 e. The average molecular weight is 362 g/mol. The van der Waals surface area contributed by atoms with Gasteiger partial charge in [0.2, 0.25) is 0 Å². The van der Waals surface area contributed by atoms with Gasteiger partial charge in [-0.15, -0.1) is 0 Å². The summed E-state index contributed by atoms with van der Waals surface area (Å²) in [6.45, 7) is 4.45. The topological polar surface area (TPSA) is 75.3 Å². The zero-order valence-corrected chi connectivity index (χ0v) is 12.8. The molecule has 5 heteroatoms. The van der Waals surface area contributed by atoms with Crippen molar-refractivity contribution in [3.8, 4) is 5.75 Å². The lowest BCUT2D eigenvalue weighted by Gasteiger charge is -2.26. The molecule has 0 saturated heterocycles. The number of halogens is 1. The largest absolute Gasteiger partial charge is 0.507 e. The molecule has 1 aromatic rings. The SMILES string of the molecule is CCC(N)(CC)CNC(=O)c1ccc(I)c(O)c1. The summed E-state index contributed by atoms with van der Waals surface area (Å²) < 4.78 is 0.722. The molecule has 0 unspecified atom stereocenters. The van der Waals surface area contributed by atoms with Gasteiger partial charge >= 0.3 is 0 Å². The number of rotatable bonds is 5. The predicted octanol–water partition coefficient (Wildman–Crippen LogP) is 2.24. The first-order chi connectivity index (χ1) is 8.41. The van der Waals surface area contributed by atoms with E-state index in [1.165, 1.54) is 6.07 Å². The fraction of sp³-hybridized carbons (Fsp3) is 0.462. The van der Waals surface area contributed by atoms with E-state index >= 15 is 0 Å². The van der Waals surface area contributed by atoms with Crippen LogP contribution in [0.15, 0.2) is 18.2 Å². The molecule has 0 radical (unpaired) electrons. The van der Waals surface area contributed by atoms with Crippen LogP contribution in [0.3, 0.4) is 0 Å². The lowest BCUT2D eigenvalue weighted by Crippen LogP contribution is -2.49. The van der Waals surface area contributed by atoms with Crippen molar-refractivity contribution in [1.82, 2.24) is 5.32 Å². The van der Waals surface area contributed by atoms with Crippen molar-refractivity contribution in [3.63, 3.8) is 0 Å². The highest BCUT2D eigenvalue weighted by Gasteiger charge is 2.21. The summed E-state index contributed by atoms with van der Waals surface area (Å²) in [6.07, 6.45) is 1.61. The Hall–Kier alpha value is -0.820. The van der Waals surface area contributed by atoms with Gasteiger partial charge in [0.05, 0.1) is 3.57 Å². The van der Waals surface area contributed by atoms with E-state index < -0.39 is 0 Å². The van der Waals surface area contributed by atoms with Gasteiger partial charge in [-0.2, -0.15) is 0 Å². The Bertz CT molecular complexity index is 431. The van der Waals surface area contributed by atoms with E-state index in [1.807, 2.05) is 36.4 Å². The molecule has 4 N–H and O–H groups in total. The number of aromatic hydroxyl groups is 1. The minimum absolute atomic E-state index is 0.119. The van der Waals surface area contributed by atoms with Crippen LogP contribution in [0.2, 0.25) is 0 Å². The number of nitrogens with one attached hydrogen (secondary N) is 1. The van der Waals surface area contributed by atoms with E-state index in [9.17, 15) is 9.90 Å². The smallest absolute Gasteiger partial charge is 0.251 e. The number of carbonyl (C=O) groups excluding carboxylic acids is 1. The number of hydrogen-bond acceptors (Lipinski definition) is 3. The number of carbonyl (C=O) groups is 1. The summed E-state index contributed by atoms with van der Waals surface area (Å²) >= 11 is 2.01. The molecule has 1 rings (SSSR count). The highest BCUT2D eigenvalue weighted by Crippen LogP contribution is 2.20. The normalized spacial score (nSPS) is 11.3. The third-order valence-corrected chi connectivity index (χ3v) is 4.13. The molecule has 1 aromatic carbocycles. The van der Waals surface area contributed by atoms with Crippen molar-refractivity contribution < 1.29 is 9.90 Å². The molecule has 0 aliphatic carbocycles. The fourth-order valence-electron chi connectivity index (χ4n) is 1.51. The summed E-state index contributed by atoms with van der Waals surface area (Å²) in [5.41, 5.74) is 6.20. The quantitative estimate of drug-likeness (QED) is 0.704. The van der Waals surface area contributed by atoms with Crippen LogP contribution in [-0.2, 0) is 0 Å². The van der Waals surface area contributed by atoms with Crippen molar-refractivity contribution in [2.75, 3.05) is 6.54 Å². The molecule has 0 fully saturated rings. The Morgan fingerprint density at radius 2 is 2.06 bits per heavy atom. The van der Waals surface area contributed by atoms with Gasteiger partial charge in [0.1, 0.15) is 5.75 Å². The molecule has 0 bridgehead atoms. The molecular formula is C13H19IN2O2. The van der Waals surface area contributed by atoms with Crippen LogP contribution < -0.4 is 11.1 Å². The van der Waals surface area contributed by atoms with E-state index in [2.05, 4.69) is 5.32 Å². The molecule has 0 aliphatic rings. The Labute approximate surface area is 121 Å². The highest BCUT2D eigenvalue weighted by molar-refractivity contribution is 14.1. The second-order valence-electron chi connectivity index (χ2n) is 4.42. The van der Waals surface area contributed by atoms with Crippen molar-refractivity contribution in [2.24, 2.45) is 5.73 Å². The summed E-state index contributed by atoms with van der Waals surface area (Å²) in [4.78, 5) is 11.9. The second-order valence-corrected chi connectivity index (χ2v) is 5.58. The molecule has 4 nitrogen and oxygen atoms in total. The molecule has 0 aromatic heterocycles. The Balaban J connectivity index is 2.68. The molecule has 0 atom stereocenters. The van der Waals surface area contributed by atoms with E-state index in [0.717, 1.165) is 16.4 Å². The standard InChI is InChI=1S/C13H19IN2O2/c1-3-13(15,4-2)8-16-12(18)9-5-6-10(14)11(17)7-9/h5-7,17H,3-4,8,15H2,1-2H3,(H,16,18). The summed E-state index contributed by atoms with van der Waals surface area (Å²) in [7, 11) is 0. The van der Waals surface area contributed by atoms with Gasteiger partial charge in [-0.3, -0.25) is 4.79 Å². The highest BCUT2D eigenvalue weighted by atomic mass is 127. The van der Waals surface area contributed by atoms with Gasteiger partial charge in [0.15, 0.2) is 0 Å². The molecule has 1 amide bonds. The first kappa shape index (κ1) is 15.2. The lowest BCUT2D eigenvalue weighted by molar-refractivity contribution is 0.0941. The van der Waals surface area contributed by atoms with Crippen LogP contribution in [0.1, 0.15) is 37.0 Å².